The summed E-state index contributed by atoms with van der Waals surface area (Å²) in [7, 11) is 0. The molecule has 1 N–H and O–H groups in total. The first-order valence-corrected chi connectivity index (χ1v) is 8.67. The number of hydrogen-bond donors (Lipinski definition) is 1. The van der Waals surface area contributed by atoms with Gasteiger partial charge in [-0.15, -0.1) is 0 Å². The molecule has 0 saturated carbocycles. The van der Waals surface area contributed by atoms with Crippen LogP contribution in [0.5, 0.6) is 0 Å². The van der Waals surface area contributed by atoms with Crippen LogP contribution in [0.25, 0.3) is 11.0 Å². The fourth-order valence-corrected chi connectivity index (χ4v) is 2.86. The van der Waals surface area contributed by atoms with E-state index in [0.29, 0.717) is 18.5 Å². The number of rotatable bonds is 8. The maximum Gasteiger partial charge on any atom is 0.336 e. The Kier molecular flexibility index (Phi) is 6.51. The number of carbonyl (C=O) groups excluding carboxylic acids is 2. The van der Waals surface area contributed by atoms with Gasteiger partial charge >= 0.3 is 5.63 Å². The van der Waals surface area contributed by atoms with E-state index in [9.17, 15) is 14.4 Å². The number of fused-ring (bicyclic) bond motifs is 1. The fraction of sp³-hybridized carbons (Fsp3) is 0.450. The molecule has 1 aromatic carbocycles. The average molecular weight is 343 g/mol. The van der Waals surface area contributed by atoms with Gasteiger partial charge in [0, 0.05) is 37.3 Å². The smallest absolute Gasteiger partial charge is 0.336 e. The maximum atomic E-state index is 12.4. The number of unbranched alkanes of at least 4 members (excludes halogenated alkanes) is 1. The number of nitrogens with one attached hydrogen (secondary N) is 1. The van der Waals surface area contributed by atoms with E-state index >= 15 is 0 Å². The van der Waals surface area contributed by atoms with Gasteiger partial charge in [-0.1, -0.05) is 25.5 Å². The second-order valence-corrected chi connectivity index (χ2v) is 6.60. The molecule has 2 aromatic rings. The standard InChI is InChI=1S/C20H25NO4/c1-13(6-4-5-9-21-15(3)22)18(23)11-16-7-8-17-14(2)10-20(24)25-19(17)12-16/h7-8,10,12-13H,4-6,9,11H2,1-3H3,(H,21,22)/t13-/m0/s1. The number of Topliss-reactive ketones (excluding diaryl/α,β-unsaturated/α-hetero) is 1. The number of carbonyl (C=O) groups is 2. The first-order chi connectivity index (χ1) is 11.9. The second-order valence-electron chi connectivity index (χ2n) is 6.60. The summed E-state index contributed by atoms with van der Waals surface area (Å²) < 4.78 is 5.23. The van der Waals surface area contributed by atoms with Crippen molar-refractivity contribution in [2.45, 2.75) is 46.5 Å². The van der Waals surface area contributed by atoms with E-state index in [2.05, 4.69) is 5.32 Å². The van der Waals surface area contributed by atoms with Gasteiger partial charge in [-0.3, -0.25) is 9.59 Å². The Balaban J connectivity index is 1.92. The zero-order valence-corrected chi connectivity index (χ0v) is 15.1. The molecule has 25 heavy (non-hydrogen) atoms. The lowest BCUT2D eigenvalue weighted by Crippen LogP contribution is -2.21. The van der Waals surface area contributed by atoms with Crippen molar-refractivity contribution in [3.63, 3.8) is 0 Å². The highest BCUT2D eigenvalue weighted by molar-refractivity contribution is 5.85. The lowest BCUT2D eigenvalue weighted by Gasteiger charge is -2.11. The van der Waals surface area contributed by atoms with Crippen LogP contribution in [0, 0.1) is 12.8 Å². The van der Waals surface area contributed by atoms with Crippen molar-refractivity contribution in [1.82, 2.24) is 5.32 Å². The summed E-state index contributed by atoms with van der Waals surface area (Å²) in [6.45, 7) is 5.96. The second kappa shape index (κ2) is 8.60. The Morgan fingerprint density at radius 2 is 1.96 bits per heavy atom. The summed E-state index contributed by atoms with van der Waals surface area (Å²) in [5.74, 6) is 0.119. The third-order valence-electron chi connectivity index (χ3n) is 4.38. The Morgan fingerprint density at radius 1 is 1.20 bits per heavy atom. The molecule has 0 saturated heterocycles. The van der Waals surface area contributed by atoms with Crippen molar-refractivity contribution >= 4 is 22.7 Å². The highest BCUT2D eigenvalue weighted by Gasteiger charge is 2.14. The first-order valence-electron chi connectivity index (χ1n) is 8.67. The largest absolute Gasteiger partial charge is 0.423 e. The number of aryl methyl sites for hydroxylation is 1. The van der Waals surface area contributed by atoms with Crippen LogP contribution >= 0.6 is 0 Å². The lowest BCUT2D eigenvalue weighted by molar-refractivity contribution is -0.122. The van der Waals surface area contributed by atoms with Gasteiger partial charge in [0.2, 0.25) is 5.91 Å². The number of amides is 1. The fourth-order valence-electron chi connectivity index (χ4n) is 2.86. The molecular formula is C20H25NO4. The molecule has 0 radical (unpaired) electrons. The van der Waals surface area contributed by atoms with Crippen molar-refractivity contribution in [3.8, 4) is 0 Å². The van der Waals surface area contributed by atoms with Crippen LogP contribution in [0.2, 0.25) is 0 Å². The molecule has 0 fully saturated rings. The predicted molar refractivity (Wildman–Crippen MR) is 97.6 cm³/mol. The van der Waals surface area contributed by atoms with E-state index in [-0.39, 0.29) is 23.2 Å². The highest BCUT2D eigenvalue weighted by atomic mass is 16.4. The molecule has 5 heteroatoms. The molecule has 1 amide bonds. The minimum absolute atomic E-state index is 0.0256. The van der Waals surface area contributed by atoms with E-state index < -0.39 is 0 Å². The molecule has 0 unspecified atom stereocenters. The summed E-state index contributed by atoms with van der Waals surface area (Å²) in [5, 5.41) is 3.65. The Bertz CT molecular complexity index is 822. The quantitative estimate of drug-likeness (QED) is 0.590. The first kappa shape index (κ1) is 18.9. The molecule has 1 atom stereocenters. The number of benzene rings is 1. The molecule has 1 heterocycles. The maximum absolute atomic E-state index is 12.4. The Labute approximate surface area is 147 Å². The Morgan fingerprint density at radius 3 is 2.68 bits per heavy atom. The van der Waals surface area contributed by atoms with Crippen LogP contribution in [0.4, 0.5) is 0 Å². The van der Waals surface area contributed by atoms with Crippen LogP contribution in [-0.2, 0) is 16.0 Å². The van der Waals surface area contributed by atoms with Gasteiger partial charge in [-0.25, -0.2) is 4.79 Å². The average Bonchev–Trinajstić information content (AvgIpc) is 2.53. The van der Waals surface area contributed by atoms with Crippen molar-refractivity contribution < 1.29 is 14.0 Å². The van der Waals surface area contributed by atoms with Crippen LogP contribution in [0.1, 0.15) is 44.2 Å². The summed E-state index contributed by atoms with van der Waals surface area (Å²) in [5.41, 5.74) is 1.88. The van der Waals surface area contributed by atoms with Gasteiger partial charge in [-0.2, -0.15) is 0 Å². The van der Waals surface area contributed by atoms with Crippen molar-refractivity contribution in [3.05, 3.63) is 45.8 Å². The lowest BCUT2D eigenvalue weighted by atomic mass is 9.94. The third-order valence-corrected chi connectivity index (χ3v) is 4.38. The minimum Gasteiger partial charge on any atom is -0.423 e. The van der Waals surface area contributed by atoms with Crippen molar-refractivity contribution in [2.75, 3.05) is 6.54 Å². The van der Waals surface area contributed by atoms with Crippen LogP contribution in [-0.4, -0.2) is 18.2 Å². The number of ketones is 1. The molecule has 0 aliphatic rings. The van der Waals surface area contributed by atoms with Gasteiger partial charge in [0.15, 0.2) is 0 Å². The van der Waals surface area contributed by atoms with Crippen LogP contribution < -0.4 is 10.9 Å². The summed E-state index contributed by atoms with van der Waals surface area (Å²) in [6, 6.07) is 7.06. The zero-order valence-electron chi connectivity index (χ0n) is 15.1. The van der Waals surface area contributed by atoms with Crippen molar-refractivity contribution in [2.24, 2.45) is 5.92 Å². The third kappa shape index (κ3) is 5.55. The topological polar surface area (TPSA) is 76.4 Å². The van der Waals surface area contributed by atoms with Crippen LogP contribution in [0.3, 0.4) is 0 Å². The molecule has 0 spiro atoms. The summed E-state index contributed by atoms with van der Waals surface area (Å²) in [4.78, 5) is 34.7. The molecule has 1 aromatic heterocycles. The van der Waals surface area contributed by atoms with Gasteiger partial charge in [0.25, 0.3) is 0 Å². The molecule has 0 bridgehead atoms. The SMILES string of the molecule is CC(=O)NCCCC[C@H](C)C(=O)Cc1ccc2c(C)cc(=O)oc2c1. The van der Waals surface area contributed by atoms with Crippen LogP contribution in [0.15, 0.2) is 33.5 Å². The van der Waals surface area contributed by atoms with Gasteiger partial charge in [-0.05, 0) is 37.0 Å². The predicted octanol–water partition coefficient (Wildman–Crippen LogP) is 3.16. The minimum atomic E-state index is -0.374. The number of hydrogen-bond acceptors (Lipinski definition) is 4. The van der Waals surface area contributed by atoms with Gasteiger partial charge in [0.1, 0.15) is 11.4 Å². The Hall–Kier alpha value is -2.43. The summed E-state index contributed by atoms with van der Waals surface area (Å²) in [6.07, 6.45) is 2.91. The highest BCUT2D eigenvalue weighted by Crippen LogP contribution is 2.20. The molecule has 5 nitrogen and oxygen atoms in total. The monoisotopic (exact) mass is 343 g/mol. The zero-order chi connectivity index (χ0) is 18.4. The molecule has 0 aliphatic heterocycles. The van der Waals surface area contributed by atoms with E-state index in [1.807, 2.05) is 26.0 Å². The van der Waals surface area contributed by atoms with Crippen molar-refractivity contribution in [1.29, 1.82) is 0 Å². The normalized spacial score (nSPS) is 12.1. The van der Waals surface area contributed by atoms with E-state index in [1.165, 1.54) is 13.0 Å². The van der Waals surface area contributed by atoms with Gasteiger partial charge < -0.3 is 9.73 Å². The molecule has 134 valence electrons. The van der Waals surface area contributed by atoms with Gasteiger partial charge in [0.05, 0.1) is 0 Å². The van der Waals surface area contributed by atoms with E-state index in [1.54, 1.807) is 6.07 Å². The van der Waals surface area contributed by atoms with E-state index in [0.717, 1.165) is 35.8 Å². The summed E-state index contributed by atoms with van der Waals surface area (Å²) >= 11 is 0. The molecule has 2 rings (SSSR count). The van der Waals surface area contributed by atoms with E-state index in [4.69, 9.17) is 4.42 Å². The molecular weight excluding hydrogens is 318 g/mol. The molecule has 0 aliphatic carbocycles.